The zero-order valence-electron chi connectivity index (χ0n) is 18.2. The third kappa shape index (κ3) is 5.71. The van der Waals surface area contributed by atoms with Gasteiger partial charge < -0.3 is 9.84 Å². The van der Waals surface area contributed by atoms with Gasteiger partial charge in [0.15, 0.2) is 0 Å². The molecule has 0 saturated heterocycles. The molecule has 2 heteroatoms. The topological polar surface area (TPSA) is 29.5 Å². The number of hydrogen-bond acceptors (Lipinski definition) is 2. The van der Waals surface area contributed by atoms with E-state index in [1.165, 1.54) is 5.56 Å². The molecule has 0 aliphatic rings. The number of methoxy groups -OCH3 is 1. The van der Waals surface area contributed by atoms with Gasteiger partial charge in [0.05, 0.1) is 13.7 Å². The van der Waals surface area contributed by atoms with Crippen LogP contribution in [0.3, 0.4) is 0 Å². The molecule has 0 bridgehead atoms. The van der Waals surface area contributed by atoms with Crippen LogP contribution in [0.25, 0.3) is 24.3 Å². The van der Waals surface area contributed by atoms with E-state index in [-0.39, 0.29) is 12.0 Å². The highest BCUT2D eigenvalue weighted by Gasteiger charge is 2.15. The molecule has 30 heavy (non-hydrogen) atoms. The zero-order chi connectivity index (χ0) is 21.6. The summed E-state index contributed by atoms with van der Waals surface area (Å²) in [6.45, 7) is 6.73. The molecule has 1 N–H and O–H groups in total. The average Bonchev–Trinajstić information content (AvgIpc) is 2.76. The number of aliphatic hydroxyl groups excluding tert-OH is 1. The summed E-state index contributed by atoms with van der Waals surface area (Å²) in [7, 11) is 1.71. The lowest BCUT2D eigenvalue weighted by Crippen LogP contribution is -2.11. The molecule has 0 unspecified atom stereocenters. The minimum atomic E-state index is 0.0747. The Morgan fingerprint density at radius 1 is 0.733 bits per heavy atom. The van der Waals surface area contributed by atoms with Gasteiger partial charge in [-0.3, -0.25) is 0 Å². The molecule has 0 aliphatic carbocycles. The van der Waals surface area contributed by atoms with Crippen molar-refractivity contribution in [2.45, 2.75) is 32.8 Å². The fraction of sp³-hybridized carbons (Fsp3) is 0.214. The molecule has 0 saturated carbocycles. The van der Waals surface area contributed by atoms with Gasteiger partial charge in [0.25, 0.3) is 0 Å². The summed E-state index contributed by atoms with van der Waals surface area (Å²) >= 11 is 0. The van der Waals surface area contributed by atoms with Crippen molar-refractivity contribution in [1.82, 2.24) is 0 Å². The molecule has 0 spiro atoms. The Balaban J connectivity index is 1.73. The van der Waals surface area contributed by atoms with Gasteiger partial charge in [0.2, 0.25) is 0 Å². The smallest absolute Gasteiger partial charge is 0.126 e. The van der Waals surface area contributed by atoms with E-state index in [9.17, 15) is 0 Å². The van der Waals surface area contributed by atoms with Crippen LogP contribution in [-0.4, -0.2) is 12.2 Å². The maximum Gasteiger partial charge on any atom is 0.126 e. The van der Waals surface area contributed by atoms with Gasteiger partial charge in [-0.2, -0.15) is 0 Å². The monoisotopic (exact) mass is 398 g/mol. The van der Waals surface area contributed by atoms with Crippen molar-refractivity contribution in [2.24, 2.45) is 0 Å². The van der Waals surface area contributed by atoms with Crippen molar-refractivity contribution < 1.29 is 9.84 Å². The van der Waals surface area contributed by atoms with Crippen molar-refractivity contribution >= 4 is 24.3 Å². The Kier molecular flexibility index (Phi) is 6.91. The van der Waals surface area contributed by atoms with Gasteiger partial charge >= 0.3 is 0 Å². The van der Waals surface area contributed by atoms with Gasteiger partial charge in [0.1, 0.15) is 5.75 Å². The summed E-state index contributed by atoms with van der Waals surface area (Å²) in [6.07, 6.45) is 8.40. The molecule has 0 aromatic heterocycles. The third-order valence-electron chi connectivity index (χ3n) is 5.12. The van der Waals surface area contributed by atoms with Crippen molar-refractivity contribution in [3.8, 4) is 5.75 Å². The Morgan fingerprint density at radius 3 is 1.70 bits per heavy atom. The molecule has 0 radical (unpaired) electrons. The minimum absolute atomic E-state index is 0.0747. The van der Waals surface area contributed by atoms with Crippen LogP contribution < -0.4 is 4.74 Å². The fourth-order valence-electron chi connectivity index (χ4n) is 3.16. The molecule has 0 atom stereocenters. The Morgan fingerprint density at radius 2 is 1.23 bits per heavy atom. The standard InChI is InChI=1S/C28H30O2/c1-28(2,3)26-17-18-27(30-4)25(19-26)16-15-23-9-7-21(8-10-23)5-6-22-11-13-24(20-29)14-12-22/h5-19,29H,20H2,1-4H3/b6-5+,16-15+. The van der Waals surface area contributed by atoms with Crippen LogP contribution >= 0.6 is 0 Å². The normalized spacial score (nSPS) is 12.0. The second kappa shape index (κ2) is 9.60. The van der Waals surface area contributed by atoms with Gasteiger partial charge in [-0.05, 0) is 45.4 Å². The summed E-state index contributed by atoms with van der Waals surface area (Å²) in [5.41, 5.74) is 6.79. The lowest BCUT2D eigenvalue weighted by molar-refractivity contribution is 0.282. The lowest BCUT2D eigenvalue weighted by Gasteiger charge is -2.20. The summed E-state index contributed by atoms with van der Waals surface area (Å²) < 4.78 is 5.53. The second-order valence-corrected chi connectivity index (χ2v) is 8.44. The predicted molar refractivity (Wildman–Crippen MR) is 128 cm³/mol. The van der Waals surface area contributed by atoms with Crippen LogP contribution in [0.1, 0.15) is 54.2 Å². The predicted octanol–water partition coefficient (Wildman–Crippen LogP) is 6.83. The lowest BCUT2D eigenvalue weighted by atomic mass is 9.86. The molecule has 2 nitrogen and oxygen atoms in total. The van der Waals surface area contributed by atoms with E-state index in [1.54, 1.807) is 7.11 Å². The number of benzene rings is 3. The first-order chi connectivity index (χ1) is 14.4. The molecule has 3 aromatic carbocycles. The molecule has 0 aliphatic heterocycles. The summed E-state index contributed by atoms with van der Waals surface area (Å²) in [5.74, 6) is 0.881. The van der Waals surface area contributed by atoms with Gasteiger partial charge in [0, 0.05) is 5.56 Å². The average molecular weight is 399 g/mol. The van der Waals surface area contributed by atoms with Crippen LogP contribution in [-0.2, 0) is 12.0 Å². The third-order valence-corrected chi connectivity index (χ3v) is 5.12. The van der Waals surface area contributed by atoms with Gasteiger partial charge in [-0.15, -0.1) is 0 Å². The maximum atomic E-state index is 9.13. The first-order valence-electron chi connectivity index (χ1n) is 10.2. The number of rotatable bonds is 6. The number of hydrogen-bond donors (Lipinski definition) is 1. The number of aliphatic hydroxyl groups is 1. The minimum Gasteiger partial charge on any atom is -0.496 e. The second-order valence-electron chi connectivity index (χ2n) is 8.44. The Hall–Kier alpha value is -3.10. The van der Waals surface area contributed by atoms with Crippen molar-refractivity contribution in [3.05, 3.63) is 100 Å². The molecule has 0 amide bonds. The van der Waals surface area contributed by atoms with E-state index in [2.05, 4.69) is 81.5 Å². The summed E-state index contributed by atoms with van der Waals surface area (Å²) in [5, 5.41) is 9.13. The zero-order valence-corrected chi connectivity index (χ0v) is 18.2. The van der Waals surface area contributed by atoms with E-state index in [0.29, 0.717) is 0 Å². The van der Waals surface area contributed by atoms with Crippen LogP contribution in [0.4, 0.5) is 0 Å². The van der Waals surface area contributed by atoms with Crippen molar-refractivity contribution in [1.29, 1.82) is 0 Å². The molecular formula is C28H30O2. The molecule has 3 aromatic rings. The van der Waals surface area contributed by atoms with E-state index in [4.69, 9.17) is 9.84 Å². The Bertz CT molecular complexity index is 1020. The van der Waals surface area contributed by atoms with Gasteiger partial charge in [-0.1, -0.05) is 99.7 Å². The van der Waals surface area contributed by atoms with Crippen LogP contribution in [0.5, 0.6) is 5.75 Å². The molecular weight excluding hydrogens is 368 g/mol. The molecule has 154 valence electrons. The highest BCUT2D eigenvalue weighted by Crippen LogP contribution is 2.29. The SMILES string of the molecule is COc1ccc(C(C)(C)C)cc1/C=C/c1ccc(/C=C/c2ccc(CO)cc2)cc1. The fourth-order valence-corrected chi connectivity index (χ4v) is 3.16. The van der Waals surface area contributed by atoms with Crippen molar-refractivity contribution in [3.63, 3.8) is 0 Å². The highest BCUT2D eigenvalue weighted by molar-refractivity contribution is 5.75. The van der Waals surface area contributed by atoms with E-state index >= 15 is 0 Å². The van der Waals surface area contributed by atoms with Crippen LogP contribution in [0.15, 0.2) is 66.7 Å². The summed E-state index contributed by atoms with van der Waals surface area (Å²) in [6, 6.07) is 22.7. The van der Waals surface area contributed by atoms with Gasteiger partial charge in [-0.25, -0.2) is 0 Å². The van der Waals surface area contributed by atoms with E-state index in [0.717, 1.165) is 33.6 Å². The largest absolute Gasteiger partial charge is 0.496 e. The van der Waals surface area contributed by atoms with E-state index in [1.807, 2.05) is 30.3 Å². The van der Waals surface area contributed by atoms with Crippen LogP contribution in [0.2, 0.25) is 0 Å². The maximum absolute atomic E-state index is 9.13. The number of ether oxygens (including phenoxy) is 1. The highest BCUT2D eigenvalue weighted by atomic mass is 16.5. The first-order valence-corrected chi connectivity index (χ1v) is 10.2. The molecule has 0 heterocycles. The van der Waals surface area contributed by atoms with Crippen LogP contribution in [0, 0.1) is 0 Å². The Labute approximate surface area is 180 Å². The quantitative estimate of drug-likeness (QED) is 0.461. The van der Waals surface area contributed by atoms with Crippen molar-refractivity contribution in [2.75, 3.05) is 7.11 Å². The summed E-state index contributed by atoms with van der Waals surface area (Å²) in [4.78, 5) is 0. The first kappa shape index (κ1) is 21.6. The van der Waals surface area contributed by atoms with E-state index < -0.39 is 0 Å². The molecule has 0 fully saturated rings. The molecule has 3 rings (SSSR count).